The number of ether oxygens (including phenoxy) is 1. The highest BCUT2D eigenvalue weighted by molar-refractivity contribution is 5.99. The van der Waals surface area contributed by atoms with Gasteiger partial charge in [0, 0.05) is 23.6 Å². The van der Waals surface area contributed by atoms with Crippen LogP contribution in [-0.2, 0) is 17.6 Å². The van der Waals surface area contributed by atoms with Crippen molar-refractivity contribution in [1.29, 1.82) is 0 Å². The van der Waals surface area contributed by atoms with E-state index in [-0.39, 0.29) is 12.4 Å². The van der Waals surface area contributed by atoms with Gasteiger partial charge in [-0.3, -0.25) is 4.79 Å². The van der Waals surface area contributed by atoms with E-state index in [4.69, 9.17) is 4.74 Å². The summed E-state index contributed by atoms with van der Waals surface area (Å²) in [5, 5.41) is 0. The zero-order chi connectivity index (χ0) is 17.9. The Morgan fingerprint density at radius 2 is 1.69 bits per heavy atom. The first-order chi connectivity index (χ1) is 12.7. The lowest BCUT2D eigenvalue weighted by Crippen LogP contribution is -2.14. The van der Waals surface area contributed by atoms with E-state index in [0.29, 0.717) is 11.1 Å². The van der Waals surface area contributed by atoms with Crippen molar-refractivity contribution in [2.24, 2.45) is 0 Å². The maximum atomic E-state index is 12.4. The van der Waals surface area contributed by atoms with Crippen molar-refractivity contribution in [3.05, 3.63) is 89.2 Å². The Morgan fingerprint density at radius 3 is 2.54 bits per heavy atom. The summed E-state index contributed by atoms with van der Waals surface area (Å²) in [6.07, 6.45) is 7.04. The fourth-order valence-electron chi connectivity index (χ4n) is 3.34. The van der Waals surface area contributed by atoms with Crippen molar-refractivity contribution in [3.63, 3.8) is 0 Å². The van der Waals surface area contributed by atoms with Gasteiger partial charge in [0.25, 0.3) is 0 Å². The van der Waals surface area contributed by atoms with Gasteiger partial charge in [-0.1, -0.05) is 18.2 Å². The lowest BCUT2D eigenvalue weighted by Gasteiger charge is -2.08. The van der Waals surface area contributed by atoms with Crippen LogP contribution in [-0.4, -0.2) is 22.9 Å². The smallest absolute Gasteiger partial charge is 0.338 e. The number of aromatic nitrogens is 1. The first kappa shape index (κ1) is 16.3. The molecule has 0 amide bonds. The maximum absolute atomic E-state index is 12.4. The molecule has 0 atom stereocenters. The number of rotatable bonds is 5. The quantitative estimate of drug-likeness (QED) is 0.519. The number of nitrogens with zero attached hydrogens (tertiary/aromatic N) is 1. The third kappa shape index (κ3) is 3.31. The van der Waals surface area contributed by atoms with Gasteiger partial charge in [-0.2, -0.15) is 0 Å². The summed E-state index contributed by atoms with van der Waals surface area (Å²) in [5.41, 5.74) is 4.47. The zero-order valence-corrected chi connectivity index (χ0v) is 14.4. The average Bonchev–Trinajstić information content (AvgIpc) is 3.36. The van der Waals surface area contributed by atoms with E-state index in [1.165, 1.54) is 11.1 Å². The number of aryl methyl sites for hydroxylation is 2. The summed E-state index contributed by atoms with van der Waals surface area (Å²) in [5.74, 6) is -0.664. The molecule has 1 aromatic heterocycles. The van der Waals surface area contributed by atoms with Gasteiger partial charge in [0.05, 0.1) is 5.56 Å². The molecule has 0 N–H and O–H groups in total. The normalized spacial score (nSPS) is 12.6. The van der Waals surface area contributed by atoms with E-state index >= 15 is 0 Å². The molecule has 0 fully saturated rings. The first-order valence-electron chi connectivity index (χ1n) is 8.76. The topological polar surface area (TPSA) is 48.3 Å². The van der Waals surface area contributed by atoms with Crippen molar-refractivity contribution in [3.8, 4) is 5.69 Å². The number of carbonyl (C=O) groups excluding carboxylic acids is 2. The maximum Gasteiger partial charge on any atom is 0.338 e. The highest BCUT2D eigenvalue weighted by atomic mass is 16.5. The minimum Gasteiger partial charge on any atom is -0.454 e. The highest BCUT2D eigenvalue weighted by Crippen LogP contribution is 2.23. The van der Waals surface area contributed by atoms with Gasteiger partial charge in [0.15, 0.2) is 12.4 Å². The molecule has 0 bridgehead atoms. The van der Waals surface area contributed by atoms with E-state index in [0.717, 1.165) is 24.9 Å². The number of carbonyl (C=O) groups is 2. The van der Waals surface area contributed by atoms with Crippen molar-refractivity contribution in [2.75, 3.05) is 6.61 Å². The molecule has 4 rings (SSSR count). The van der Waals surface area contributed by atoms with E-state index in [1.807, 2.05) is 53.4 Å². The molecule has 0 unspecified atom stereocenters. The van der Waals surface area contributed by atoms with Crippen LogP contribution < -0.4 is 0 Å². The lowest BCUT2D eigenvalue weighted by molar-refractivity contribution is 0.0474. The Morgan fingerprint density at radius 1 is 0.885 bits per heavy atom. The summed E-state index contributed by atoms with van der Waals surface area (Å²) in [4.78, 5) is 24.7. The fraction of sp³-hybridized carbons (Fsp3) is 0.182. The number of hydrogen-bond donors (Lipinski definition) is 0. The van der Waals surface area contributed by atoms with Crippen molar-refractivity contribution < 1.29 is 14.3 Å². The van der Waals surface area contributed by atoms with Gasteiger partial charge in [0.2, 0.25) is 0 Å². The number of Topliss-reactive ketones (excluding diaryl/α,β-unsaturated/α-hetero) is 1. The van der Waals surface area contributed by atoms with Crippen molar-refractivity contribution >= 4 is 11.8 Å². The molecule has 1 aliphatic carbocycles. The standard InChI is InChI=1S/C22H19NO3/c24-21(18-10-9-16-5-3-6-17(16)13-18)15-26-22(25)19-7-4-8-20(14-19)23-11-1-2-12-23/h1-2,4,7-14H,3,5-6,15H2. The monoisotopic (exact) mass is 345 g/mol. The van der Waals surface area contributed by atoms with Crippen molar-refractivity contribution in [2.45, 2.75) is 19.3 Å². The average molecular weight is 345 g/mol. The molecule has 4 nitrogen and oxygen atoms in total. The van der Waals surface area contributed by atoms with Crippen LogP contribution in [0.1, 0.15) is 38.3 Å². The van der Waals surface area contributed by atoms with E-state index in [2.05, 4.69) is 0 Å². The van der Waals surface area contributed by atoms with Gasteiger partial charge >= 0.3 is 5.97 Å². The van der Waals surface area contributed by atoms with Crippen LogP contribution in [0.5, 0.6) is 0 Å². The van der Waals surface area contributed by atoms with Crippen LogP contribution in [0.25, 0.3) is 5.69 Å². The largest absolute Gasteiger partial charge is 0.454 e. The van der Waals surface area contributed by atoms with Gasteiger partial charge in [-0.15, -0.1) is 0 Å². The highest BCUT2D eigenvalue weighted by Gasteiger charge is 2.16. The van der Waals surface area contributed by atoms with Crippen LogP contribution in [0.4, 0.5) is 0 Å². The summed E-state index contributed by atoms with van der Waals surface area (Å²) < 4.78 is 7.15. The Hall–Kier alpha value is -3.14. The van der Waals surface area contributed by atoms with E-state index in [1.54, 1.807) is 18.2 Å². The Balaban J connectivity index is 1.42. The van der Waals surface area contributed by atoms with Crippen LogP contribution in [0, 0.1) is 0 Å². The second-order valence-corrected chi connectivity index (χ2v) is 6.48. The molecule has 1 aliphatic rings. The molecule has 0 aliphatic heterocycles. The molecule has 130 valence electrons. The summed E-state index contributed by atoms with van der Waals surface area (Å²) in [6, 6.07) is 16.8. The van der Waals surface area contributed by atoms with Crippen LogP contribution in [0.2, 0.25) is 0 Å². The van der Waals surface area contributed by atoms with Crippen LogP contribution in [0.3, 0.4) is 0 Å². The second-order valence-electron chi connectivity index (χ2n) is 6.48. The number of hydrogen-bond acceptors (Lipinski definition) is 3. The van der Waals surface area contributed by atoms with Gasteiger partial charge in [-0.25, -0.2) is 4.79 Å². The molecule has 1 heterocycles. The number of esters is 1. The molecule has 3 aromatic rings. The minimum absolute atomic E-state index is 0.172. The van der Waals surface area contributed by atoms with E-state index < -0.39 is 5.97 Å². The Labute approximate surface area is 152 Å². The molecule has 0 spiro atoms. The summed E-state index contributed by atoms with van der Waals surface area (Å²) in [7, 11) is 0. The van der Waals surface area contributed by atoms with Gasteiger partial charge < -0.3 is 9.30 Å². The molecular formula is C22H19NO3. The predicted molar refractivity (Wildman–Crippen MR) is 98.8 cm³/mol. The van der Waals surface area contributed by atoms with Gasteiger partial charge in [0.1, 0.15) is 0 Å². The number of ketones is 1. The third-order valence-corrected chi connectivity index (χ3v) is 4.74. The summed E-state index contributed by atoms with van der Waals surface area (Å²) in [6.45, 7) is -0.245. The van der Waals surface area contributed by atoms with E-state index in [9.17, 15) is 9.59 Å². The molecular weight excluding hydrogens is 326 g/mol. The molecule has 0 saturated carbocycles. The molecule has 2 aromatic carbocycles. The molecule has 26 heavy (non-hydrogen) atoms. The van der Waals surface area contributed by atoms with Crippen LogP contribution >= 0.6 is 0 Å². The SMILES string of the molecule is O=C(COC(=O)c1cccc(-n2cccc2)c1)c1ccc2c(c1)CCC2. The predicted octanol–water partition coefficient (Wildman–Crippen LogP) is 4.01. The fourth-order valence-corrected chi connectivity index (χ4v) is 3.34. The molecule has 0 saturated heterocycles. The van der Waals surface area contributed by atoms with Gasteiger partial charge in [-0.05, 0) is 66.8 Å². The molecule has 4 heteroatoms. The van der Waals surface area contributed by atoms with Crippen LogP contribution in [0.15, 0.2) is 67.0 Å². The first-order valence-corrected chi connectivity index (χ1v) is 8.76. The molecule has 0 radical (unpaired) electrons. The van der Waals surface area contributed by atoms with Crippen molar-refractivity contribution in [1.82, 2.24) is 4.57 Å². The Bertz CT molecular complexity index is 957. The zero-order valence-electron chi connectivity index (χ0n) is 14.4. The number of benzene rings is 2. The lowest BCUT2D eigenvalue weighted by atomic mass is 10.0. The Kier molecular flexibility index (Phi) is 4.40. The third-order valence-electron chi connectivity index (χ3n) is 4.74. The second kappa shape index (κ2) is 7.00. The number of fused-ring (bicyclic) bond motifs is 1. The summed E-state index contributed by atoms with van der Waals surface area (Å²) >= 11 is 0. The minimum atomic E-state index is -0.492.